The molecule has 0 amide bonds. The first-order chi connectivity index (χ1) is 9.58. The molecule has 1 N–H and O–H groups in total. The van der Waals surface area contributed by atoms with Crippen molar-refractivity contribution >= 4 is 27.3 Å². The molecule has 1 saturated heterocycles. The zero-order valence-electron chi connectivity index (χ0n) is 12.7. The van der Waals surface area contributed by atoms with Crippen molar-refractivity contribution in [3.63, 3.8) is 0 Å². The van der Waals surface area contributed by atoms with Crippen molar-refractivity contribution in [3.05, 3.63) is 20.8 Å². The molecule has 0 spiro atoms. The lowest BCUT2D eigenvalue weighted by Crippen LogP contribution is -2.52. The zero-order chi connectivity index (χ0) is 14.5. The van der Waals surface area contributed by atoms with Crippen LogP contribution in [0.2, 0.25) is 0 Å². The van der Waals surface area contributed by atoms with Gasteiger partial charge in [-0.1, -0.05) is 6.92 Å². The molecule has 1 fully saturated rings. The Balaban J connectivity index is 1.93. The summed E-state index contributed by atoms with van der Waals surface area (Å²) < 4.78 is 1.21. The van der Waals surface area contributed by atoms with Crippen LogP contribution >= 0.6 is 27.3 Å². The van der Waals surface area contributed by atoms with Gasteiger partial charge in [-0.2, -0.15) is 0 Å². The van der Waals surface area contributed by atoms with E-state index < -0.39 is 0 Å². The highest BCUT2D eigenvalue weighted by Crippen LogP contribution is 2.22. The summed E-state index contributed by atoms with van der Waals surface area (Å²) >= 11 is 5.41. The number of likely N-dealkylation sites (N-methyl/N-ethyl adjacent to an activating group) is 3. The van der Waals surface area contributed by atoms with Gasteiger partial charge in [-0.15, -0.1) is 11.3 Å². The lowest BCUT2D eigenvalue weighted by molar-refractivity contribution is 0.101. The molecule has 114 valence electrons. The highest BCUT2D eigenvalue weighted by molar-refractivity contribution is 9.10. The summed E-state index contributed by atoms with van der Waals surface area (Å²) in [6.45, 7) is 6.81. The Morgan fingerprint density at radius 1 is 1.45 bits per heavy atom. The van der Waals surface area contributed by atoms with E-state index >= 15 is 0 Å². The number of halogens is 1. The Labute approximate surface area is 135 Å². The summed E-state index contributed by atoms with van der Waals surface area (Å²) in [5, 5.41) is 5.85. The monoisotopic (exact) mass is 359 g/mol. The van der Waals surface area contributed by atoms with E-state index in [4.69, 9.17) is 0 Å². The lowest BCUT2D eigenvalue weighted by Gasteiger charge is -2.39. The van der Waals surface area contributed by atoms with Crippen LogP contribution in [0.15, 0.2) is 15.9 Å². The second kappa shape index (κ2) is 7.90. The Hall–Kier alpha value is 0.0600. The predicted octanol–water partition coefficient (Wildman–Crippen LogP) is 2.67. The average molecular weight is 360 g/mol. The zero-order valence-corrected chi connectivity index (χ0v) is 15.1. The van der Waals surface area contributed by atoms with Crippen molar-refractivity contribution in [2.45, 2.75) is 31.8 Å². The molecular formula is C15H26BrN3S. The number of piperazine rings is 1. The van der Waals surface area contributed by atoms with Crippen LogP contribution in [-0.4, -0.2) is 62.2 Å². The molecule has 0 aromatic carbocycles. The van der Waals surface area contributed by atoms with Gasteiger partial charge in [0.15, 0.2) is 0 Å². The molecule has 1 aliphatic rings. The van der Waals surface area contributed by atoms with Gasteiger partial charge >= 0.3 is 0 Å². The van der Waals surface area contributed by atoms with E-state index in [1.165, 1.54) is 35.4 Å². The molecule has 2 unspecified atom stereocenters. The Morgan fingerprint density at radius 2 is 2.25 bits per heavy atom. The normalized spacial score (nSPS) is 23.1. The molecule has 0 saturated carbocycles. The number of hydrogen-bond donors (Lipinski definition) is 1. The van der Waals surface area contributed by atoms with E-state index in [0.717, 1.165) is 13.0 Å². The molecule has 3 nitrogen and oxygen atoms in total. The summed E-state index contributed by atoms with van der Waals surface area (Å²) in [7, 11) is 4.50. The van der Waals surface area contributed by atoms with E-state index in [1.807, 2.05) is 11.3 Å². The van der Waals surface area contributed by atoms with Crippen LogP contribution in [0.5, 0.6) is 0 Å². The molecule has 2 heterocycles. The van der Waals surface area contributed by atoms with E-state index in [9.17, 15) is 0 Å². The van der Waals surface area contributed by atoms with Crippen molar-refractivity contribution in [1.29, 1.82) is 0 Å². The first kappa shape index (κ1) is 16.4. The highest BCUT2D eigenvalue weighted by Gasteiger charge is 2.25. The van der Waals surface area contributed by atoms with Gasteiger partial charge in [0.25, 0.3) is 0 Å². The van der Waals surface area contributed by atoms with E-state index in [0.29, 0.717) is 12.1 Å². The fourth-order valence-corrected chi connectivity index (χ4v) is 4.45. The summed E-state index contributed by atoms with van der Waals surface area (Å²) in [5.74, 6) is 0. The maximum atomic E-state index is 3.67. The van der Waals surface area contributed by atoms with Crippen molar-refractivity contribution in [2.75, 3.05) is 40.3 Å². The quantitative estimate of drug-likeness (QED) is 0.842. The highest BCUT2D eigenvalue weighted by atomic mass is 79.9. The lowest BCUT2D eigenvalue weighted by atomic mass is 10.0. The largest absolute Gasteiger partial charge is 0.314 e. The average Bonchev–Trinajstić information content (AvgIpc) is 2.79. The van der Waals surface area contributed by atoms with Gasteiger partial charge in [0, 0.05) is 46.4 Å². The van der Waals surface area contributed by atoms with Gasteiger partial charge in [0.1, 0.15) is 0 Å². The predicted molar refractivity (Wildman–Crippen MR) is 91.7 cm³/mol. The van der Waals surface area contributed by atoms with Crippen LogP contribution in [0, 0.1) is 0 Å². The van der Waals surface area contributed by atoms with E-state index in [1.54, 1.807) is 0 Å². The summed E-state index contributed by atoms with van der Waals surface area (Å²) in [5.41, 5.74) is 0. The summed E-state index contributed by atoms with van der Waals surface area (Å²) in [6, 6.07) is 3.50. The van der Waals surface area contributed by atoms with Gasteiger partial charge in [-0.05, 0) is 55.5 Å². The van der Waals surface area contributed by atoms with Crippen molar-refractivity contribution in [1.82, 2.24) is 15.1 Å². The molecule has 1 aromatic heterocycles. The van der Waals surface area contributed by atoms with Crippen LogP contribution in [-0.2, 0) is 6.42 Å². The van der Waals surface area contributed by atoms with Crippen molar-refractivity contribution in [2.24, 2.45) is 0 Å². The molecule has 0 bridgehead atoms. The minimum Gasteiger partial charge on any atom is -0.314 e. The van der Waals surface area contributed by atoms with Crippen LogP contribution in [0.1, 0.15) is 18.2 Å². The Bertz CT molecular complexity index is 410. The van der Waals surface area contributed by atoms with Gasteiger partial charge < -0.3 is 15.1 Å². The smallest absolute Gasteiger partial charge is 0.0285 e. The minimum atomic E-state index is 0.574. The second-order valence-electron chi connectivity index (χ2n) is 5.82. The summed E-state index contributed by atoms with van der Waals surface area (Å²) in [4.78, 5) is 6.44. The third kappa shape index (κ3) is 4.81. The van der Waals surface area contributed by atoms with E-state index in [-0.39, 0.29) is 0 Å². The molecule has 0 aliphatic carbocycles. The SMILES string of the molecule is CCNC(Cc1cc(Br)cs1)CC1CN(C)CCN1C. The minimum absolute atomic E-state index is 0.574. The molecule has 1 aromatic rings. The topological polar surface area (TPSA) is 18.5 Å². The van der Waals surface area contributed by atoms with Crippen LogP contribution in [0.3, 0.4) is 0 Å². The maximum Gasteiger partial charge on any atom is 0.0285 e. The third-order valence-corrected chi connectivity index (χ3v) is 5.82. The number of nitrogens with zero attached hydrogens (tertiary/aromatic N) is 2. The fourth-order valence-electron chi connectivity index (χ4n) is 2.92. The van der Waals surface area contributed by atoms with Crippen molar-refractivity contribution < 1.29 is 0 Å². The first-order valence-corrected chi connectivity index (χ1v) is 9.10. The number of nitrogens with one attached hydrogen (secondary N) is 1. The van der Waals surface area contributed by atoms with Gasteiger partial charge in [0.2, 0.25) is 0 Å². The summed E-state index contributed by atoms with van der Waals surface area (Å²) in [6.07, 6.45) is 2.36. The molecule has 1 aliphatic heterocycles. The first-order valence-electron chi connectivity index (χ1n) is 7.43. The number of rotatable bonds is 6. The second-order valence-corrected chi connectivity index (χ2v) is 7.73. The molecule has 0 radical (unpaired) electrons. The number of hydrogen-bond acceptors (Lipinski definition) is 4. The Morgan fingerprint density at radius 3 is 2.90 bits per heavy atom. The van der Waals surface area contributed by atoms with E-state index in [2.05, 4.69) is 63.5 Å². The van der Waals surface area contributed by atoms with Gasteiger partial charge in [0.05, 0.1) is 0 Å². The van der Waals surface area contributed by atoms with Crippen LogP contribution in [0.25, 0.3) is 0 Å². The van der Waals surface area contributed by atoms with Gasteiger partial charge in [-0.25, -0.2) is 0 Å². The molecular weight excluding hydrogens is 334 g/mol. The molecule has 2 atom stereocenters. The standard InChI is InChI=1S/C15H26BrN3S/c1-4-17-13(9-15-7-12(16)11-20-15)8-14-10-18(2)5-6-19(14)3/h7,11,13-14,17H,4-6,8-10H2,1-3H3. The maximum absolute atomic E-state index is 3.67. The molecule has 20 heavy (non-hydrogen) atoms. The third-order valence-electron chi connectivity index (χ3n) is 4.10. The molecule has 5 heteroatoms. The van der Waals surface area contributed by atoms with Gasteiger partial charge in [-0.3, -0.25) is 0 Å². The fraction of sp³-hybridized carbons (Fsp3) is 0.733. The van der Waals surface area contributed by atoms with Crippen LogP contribution < -0.4 is 5.32 Å². The van der Waals surface area contributed by atoms with Crippen LogP contribution in [0.4, 0.5) is 0 Å². The Kier molecular flexibility index (Phi) is 6.49. The molecule has 2 rings (SSSR count). The number of thiophene rings is 1. The van der Waals surface area contributed by atoms with Crippen molar-refractivity contribution in [3.8, 4) is 0 Å².